The van der Waals surface area contributed by atoms with Crippen LogP contribution in [-0.4, -0.2) is 23.8 Å². The van der Waals surface area contributed by atoms with Crippen molar-refractivity contribution in [2.45, 2.75) is 43.9 Å². The smallest absolute Gasteiger partial charge is 0.349 e. The molecule has 0 saturated heterocycles. The number of amides is 3. The van der Waals surface area contributed by atoms with Gasteiger partial charge in [-0.25, -0.2) is 8.78 Å². The number of halogens is 6. The number of anilines is 1. The first kappa shape index (κ1) is 27.1. The van der Waals surface area contributed by atoms with Crippen LogP contribution in [0, 0.1) is 11.6 Å². The topological polar surface area (TPSA) is 87.3 Å². The van der Waals surface area contributed by atoms with Gasteiger partial charge in [-0.1, -0.05) is 11.6 Å². The highest BCUT2D eigenvalue weighted by atomic mass is 35.5. The fraction of sp³-hybridized carbons (Fsp3) is 0.269. The Balaban J connectivity index is 1.60. The monoisotopic (exact) mass is 583 g/mol. The second-order valence-corrected chi connectivity index (χ2v) is 10.7. The summed E-state index contributed by atoms with van der Waals surface area (Å²) >= 11 is 7.13. The number of hydrogen-bond acceptors (Lipinski definition) is 4. The van der Waals surface area contributed by atoms with Gasteiger partial charge in [0, 0.05) is 27.8 Å². The molecule has 1 saturated carbocycles. The Morgan fingerprint density at radius 3 is 2.44 bits per heavy atom. The van der Waals surface area contributed by atoms with Gasteiger partial charge in [0.15, 0.2) is 0 Å². The van der Waals surface area contributed by atoms with Crippen LogP contribution in [0.3, 0.4) is 0 Å². The first-order valence-electron chi connectivity index (χ1n) is 11.8. The number of carbonyl (C=O) groups is 3. The average molecular weight is 584 g/mol. The Morgan fingerprint density at radius 1 is 1.03 bits per heavy atom. The summed E-state index contributed by atoms with van der Waals surface area (Å²) in [4.78, 5) is 39.0. The van der Waals surface area contributed by atoms with Crippen molar-refractivity contribution in [3.05, 3.63) is 85.7 Å². The second-order valence-electron chi connectivity index (χ2n) is 9.28. The van der Waals surface area contributed by atoms with E-state index in [9.17, 15) is 36.3 Å². The Bertz CT molecular complexity index is 1500. The van der Waals surface area contributed by atoms with E-state index in [1.54, 1.807) is 0 Å². The van der Waals surface area contributed by atoms with E-state index in [1.165, 1.54) is 6.07 Å². The molecule has 1 atom stereocenters. The molecule has 1 aliphatic heterocycles. The first-order valence-corrected chi connectivity index (χ1v) is 13.0. The summed E-state index contributed by atoms with van der Waals surface area (Å²) in [6, 6.07) is 3.79. The Kier molecular flexibility index (Phi) is 7.10. The molecule has 0 spiro atoms. The third kappa shape index (κ3) is 5.48. The predicted octanol–water partition coefficient (Wildman–Crippen LogP) is 5.99. The molecule has 1 aromatic heterocycles. The molecule has 0 radical (unpaired) electrons. The van der Waals surface area contributed by atoms with Gasteiger partial charge in [0.25, 0.3) is 11.8 Å². The zero-order valence-electron chi connectivity index (χ0n) is 19.8. The zero-order valence-corrected chi connectivity index (χ0v) is 21.4. The van der Waals surface area contributed by atoms with Gasteiger partial charge in [-0.2, -0.15) is 13.2 Å². The molecule has 2 aliphatic rings. The van der Waals surface area contributed by atoms with Crippen LogP contribution >= 0.6 is 22.9 Å². The van der Waals surface area contributed by atoms with Crippen LogP contribution in [0.1, 0.15) is 67.6 Å². The van der Waals surface area contributed by atoms with Gasteiger partial charge in [0.2, 0.25) is 5.91 Å². The van der Waals surface area contributed by atoms with Gasteiger partial charge in [-0.3, -0.25) is 14.4 Å². The number of fused-ring (bicyclic) bond motifs is 1. The summed E-state index contributed by atoms with van der Waals surface area (Å²) in [6.07, 6.45) is -2.62. The average Bonchev–Trinajstić information content (AvgIpc) is 3.19. The fourth-order valence-corrected chi connectivity index (χ4v) is 5.89. The molecule has 1 aliphatic carbocycles. The molecule has 3 aromatic rings. The summed E-state index contributed by atoms with van der Waals surface area (Å²) in [5.74, 6) is -3.96. The van der Waals surface area contributed by atoms with E-state index in [0.717, 1.165) is 42.7 Å². The fourth-order valence-electron chi connectivity index (χ4n) is 4.51. The number of carbonyl (C=O) groups excluding carboxylic acids is 3. The lowest BCUT2D eigenvalue weighted by Gasteiger charge is -2.28. The van der Waals surface area contributed by atoms with Crippen LogP contribution < -0.4 is 16.0 Å². The molecular weight excluding hydrogens is 565 g/mol. The molecular formula is C26H19ClF5N3O3S. The molecule has 5 rings (SSSR count). The highest BCUT2D eigenvalue weighted by Crippen LogP contribution is 2.44. The molecule has 3 N–H and O–H groups in total. The van der Waals surface area contributed by atoms with Gasteiger partial charge in [0.1, 0.15) is 16.6 Å². The minimum absolute atomic E-state index is 0.0249. The van der Waals surface area contributed by atoms with E-state index in [0.29, 0.717) is 12.1 Å². The van der Waals surface area contributed by atoms with E-state index < -0.39 is 52.7 Å². The number of thiophene rings is 1. The van der Waals surface area contributed by atoms with Gasteiger partial charge in [-0.05, 0) is 61.2 Å². The lowest BCUT2D eigenvalue weighted by atomic mass is 9.90. The normalized spacial score (nSPS) is 17.2. The summed E-state index contributed by atoms with van der Waals surface area (Å²) in [6.45, 7) is 0. The quantitative estimate of drug-likeness (QED) is 0.322. The summed E-state index contributed by atoms with van der Waals surface area (Å²) < 4.78 is 67.8. The Hall–Kier alpha value is -3.51. The van der Waals surface area contributed by atoms with Crippen LogP contribution in [0.15, 0.2) is 36.4 Å². The molecule has 204 valence electrons. The van der Waals surface area contributed by atoms with E-state index >= 15 is 0 Å². The van der Waals surface area contributed by atoms with Crippen molar-refractivity contribution >= 4 is 45.7 Å². The molecule has 0 bridgehead atoms. The number of nitrogens with one attached hydrogen (secondary N) is 3. The SMILES string of the molecule is O=C1Cc2c(C(=O)NC3CCC3)sc(NC(=O)c3cc(F)cc(C(F)(F)F)c3)c2C(c2cc(F)ccc2Cl)N1. The third-order valence-corrected chi connectivity index (χ3v) is 8.12. The number of benzene rings is 2. The highest BCUT2D eigenvalue weighted by molar-refractivity contribution is 7.18. The van der Waals surface area contributed by atoms with Crippen molar-refractivity contribution in [3.63, 3.8) is 0 Å². The maximum Gasteiger partial charge on any atom is 0.416 e. The predicted molar refractivity (Wildman–Crippen MR) is 134 cm³/mol. The van der Waals surface area contributed by atoms with Crippen molar-refractivity contribution in [2.75, 3.05) is 5.32 Å². The minimum atomic E-state index is -4.89. The molecule has 3 amide bonds. The number of alkyl halides is 3. The number of rotatable bonds is 5. The van der Waals surface area contributed by atoms with Gasteiger partial charge in [0.05, 0.1) is 22.9 Å². The summed E-state index contributed by atoms with van der Waals surface area (Å²) in [5.41, 5.74) is -1.29. The lowest BCUT2D eigenvalue weighted by molar-refractivity contribution is -0.137. The minimum Gasteiger partial charge on any atom is -0.349 e. The summed E-state index contributed by atoms with van der Waals surface area (Å²) in [7, 11) is 0. The van der Waals surface area contributed by atoms with Crippen LogP contribution in [0.4, 0.5) is 27.0 Å². The van der Waals surface area contributed by atoms with Crippen LogP contribution in [0.5, 0.6) is 0 Å². The van der Waals surface area contributed by atoms with Gasteiger partial charge in [-0.15, -0.1) is 11.3 Å². The molecule has 2 heterocycles. The molecule has 1 unspecified atom stereocenters. The maximum atomic E-state index is 14.2. The first-order chi connectivity index (χ1) is 18.4. The zero-order chi connectivity index (χ0) is 28.1. The van der Waals surface area contributed by atoms with E-state index in [-0.39, 0.29) is 50.1 Å². The van der Waals surface area contributed by atoms with E-state index in [2.05, 4.69) is 16.0 Å². The van der Waals surface area contributed by atoms with Crippen LogP contribution in [0.25, 0.3) is 0 Å². The molecule has 2 aromatic carbocycles. The lowest BCUT2D eigenvalue weighted by Crippen LogP contribution is -2.40. The van der Waals surface area contributed by atoms with E-state index in [1.807, 2.05) is 0 Å². The second kappa shape index (κ2) is 10.2. The number of hydrogen-bond donors (Lipinski definition) is 3. The molecule has 13 heteroatoms. The Morgan fingerprint density at radius 2 is 1.77 bits per heavy atom. The van der Waals surface area contributed by atoms with Crippen molar-refractivity contribution in [2.24, 2.45) is 0 Å². The highest BCUT2D eigenvalue weighted by Gasteiger charge is 2.37. The Labute approximate surface area is 227 Å². The standard InChI is InChI=1S/C26H19ClF5N3O3S/c27-18-5-4-13(28)9-16(18)21-20-17(10-19(36)34-21)22(24(38)33-15-2-1-3-15)39-25(20)35-23(37)11-6-12(26(30,31)32)8-14(29)7-11/h4-9,15,21H,1-3,10H2,(H,33,38)(H,34,36)(H,35,37). The van der Waals surface area contributed by atoms with Crippen molar-refractivity contribution in [3.8, 4) is 0 Å². The van der Waals surface area contributed by atoms with Crippen molar-refractivity contribution in [1.82, 2.24) is 10.6 Å². The van der Waals surface area contributed by atoms with Crippen molar-refractivity contribution < 1.29 is 36.3 Å². The van der Waals surface area contributed by atoms with Gasteiger partial charge >= 0.3 is 6.18 Å². The molecule has 6 nitrogen and oxygen atoms in total. The third-order valence-electron chi connectivity index (χ3n) is 6.61. The molecule has 1 fully saturated rings. The summed E-state index contributed by atoms with van der Waals surface area (Å²) in [5, 5.41) is 8.15. The largest absolute Gasteiger partial charge is 0.416 e. The van der Waals surface area contributed by atoms with Crippen LogP contribution in [0.2, 0.25) is 5.02 Å². The van der Waals surface area contributed by atoms with Gasteiger partial charge < -0.3 is 16.0 Å². The van der Waals surface area contributed by atoms with Crippen molar-refractivity contribution in [1.29, 1.82) is 0 Å². The van der Waals surface area contributed by atoms with E-state index in [4.69, 9.17) is 11.6 Å². The van der Waals surface area contributed by atoms with Crippen LogP contribution in [-0.2, 0) is 17.4 Å². The maximum absolute atomic E-state index is 14.2. The molecule has 39 heavy (non-hydrogen) atoms.